The van der Waals surface area contributed by atoms with Crippen molar-refractivity contribution in [3.63, 3.8) is 0 Å². The van der Waals surface area contributed by atoms with Crippen molar-refractivity contribution < 1.29 is 15.0 Å². The van der Waals surface area contributed by atoms with E-state index in [-0.39, 0.29) is 12.8 Å². The van der Waals surface area contributed by atoms with Crippen LogP contribution in [0.4, 0.5) is 0 Å². The SMILES string of the molecule is Cc1cccc(C)c1C(O)CCC(=O)O. The zero-order chi connectivity index (χ0) is 11.4. The van der Waals surface area contributed by atoms with Crippen LogP contribution in [0.3, 0.4) is 0 Å². The van der Waals surface area contributed by atoms with Crippen molar-refractivity contribution in [1.29, 1.82) is 0 Å². The number of hydrogen-bond acceptors (Lipinski definition) is 2. The highest BCUT2D eigenvalue weighted by Gasteiger charge is 2.13. The molecule has 15 heavy (non-hydrogen) atoms. The second-order valence-electron chi connectivity index (χ2n) is 3.75. The second-order valence-corrected chi connectivity index (χ2v) is 3.75. The molecule has 1 rings (SSSR count). The molecule has 0 spiro atoms. The number of benzene rings is 1. The van der Waals surface area contributed by atoms with Gasteiger partial charge in [-0.2, -0.15) is 0 Å². The van der Waals surface area contributed by atoms with Gasteiger partial charge in [-0.15, -0.1) is 0 Å². The zero-order valence-electron chi connectivity index (χ0n) is 9.03. The van der Waals surface area contributed by atoms with Crippen molar-refractivity contribution in [3.8, 4) is 0 Å². The number of hydrogen-bond donors (Lipinski definition) is 2. The molecule has 2 N–H and O–H groups in total. The third kappa shape index (κ3) is 3.06. The summed E-state index contributed by atoms with van der Waals surface area (Å²) in [6.45, 7) is 3.85. The zero-order valence-corrected chi connectivity index (χ0v) is 9.03. The number of aliphatic carboxylic acids is 1. The Labute approximate surface area is 89.4 Å². The number of aryl methyl sites for hydroxylation is 2. The van der Waals surface area contributed by atoms with Crippen LogP contribution in [0.15, 0.2) is 18.2 Å². The Kier molecular flexibility index (Phi) is 3.86. The summed E-state index contributed by atoms with van der Waals surface area (Å²) >= 11 is 0. The molecule has 0 saturated carbocycles. The van der Waals surface area contributed by atoms with Gasteiger partial charge in [0.1, 0.15) is 0 Å². The third-order valence-electron chi connectivity index (χ3n) is 2.51. The lowest BCUT2D eigenvalue weighted by Gasteiger charge is -2.15. The number of rotatable bonds is 4. The predicted molar refractivity (Wildman–Crippen MR) is 57.7 cm³/mol. The first-order valence-corrected chi connectivity index (χ1v) is 4.98. The highest BCUT2D eigenvalue weighted by Crippen LogP contribution is 2.25. The molecule has 82 valence electrons. The Bertz CT molecular complexity index is 338. The average Bonchev–Trinajstić information content (AvgIpc) is 2.14. The van der Waals surface area contributed by atoms with Gasteiger partial charge in [-0.05, 0) is 37.0 Å². The molecule has 0 aliphatic heterocycles. The first-order valence-electron chi connectivity index (χ1n) is 4.98. The Morgan fingerprint density at radius 2 is 1.87 bits per heavy atom. The van der Waals surface area contributed by atoms with Crippen molar-refractivity contribution in [1.82, 2.24) is 0 Å². The van der Waals surface area contributed by atoms with Gasteiger partial charge in [0, 0.05) is 6.42 Å². The van der Waals surface area contributed by atoms with Gasteiger partial charge >= 0.3 is 5.97 Å². The van der Waals surface area contributed by atoms with Crippen LogP contribution in [0.2, 0.25) is 0 Å². The fourth-order valence-corrected chi connectivity index (χ4v) is 1.76. The van der Waals surface area contributed by atoms with Crippen LogP contribution >= 0.6 is 0 Å². The molecule has 3 nitrogen and oxygen atoms in total. The topological polar surface area (TPSA) is 57.5 Å². The highest BCUT2D eigenvalue weighted by molar-refractivity contribution is 5.66. The maximum atomic E-state index is 10.4. The molecule has 0 aliphatic rings. The van der Waals surface area contributed by atoms with Gasteiger partial charge in [0.15, 0.2) is 0 Å². The molecular weight excluding hydrogens is 192 g/mol. The van der Waals surface area contributed by atoms with E-state index < -0.39 is 12.1 Å². The lowest BCUT2D eigenvalue weighted by Crippen LogP contribution is -2.05. The fourth-order valence-electron chi connectivity index (χ4n) is 1.76. The van der Waals surface area contributed by atoms with E-state index in [1.807, 2.05) is 32.0 Å². The predicted octanol–water partition coefficient (Wildman–Crippen LogP) is 2.20. The summed E-state index contributed by atoms with van der Waals surface area (Å²) in [5.41, 5.74) is 2.87. The van der Waals surface area contributed by atoms with Crippen LogP contribution in [0, 0.1) is 13.8 Å². The van der Waals surface area contributed by atoms with Gasteiger partial charge in [-0.3, -0.25) is 4.79 Å². The number of carboxylic acids is 1. The van der Waals surface area contributed by atoms with Gasteiger partial charge in [0.2, 0.25) is 0 Å². The Morgan fingerprint density at radius 1 is 1.33 bits per heavy atom. The molecule has 0 aliphatic carbocycles. The van der Waals surface area contributed by atoms with Gasteiger partial charge in [-0.25, -0.2) is 0 Å². The number of aliphatic hydroxyl groups excluding tert-OH is 1. The molecule has 0 radical (unpaired) electrons. The van der Waals surface area contributed by atoms with E-state index in [2.05, 4.69) is 0 Å². The van der Waals surface area contributed by atoms with Gasteiger partial charge in [0.05, 0.1) is 6.10 Å². The second kappa shape index (κ2) is 4.94. The summed E-state index contributed by atoms with van der Waals surface area (Å²) in [5.74, 6) is -0.875. The van der Waals surface area contributed by atoms with Crippen LogP contribution in [0.25, 0.3) is 0 Å². The lowest BCUT2D eigenvalue weighted by atomic mass is 9.95. The summed E-state index contributed by atoms with van der Waals surface area (Å²) in [7, 11) is 0. The Balaban J connectivity index is 2.81. The highest BCUT2D eigenvalue weighted by atomic mass is 16.4. The molecule has 0 heterocycles. The van der Waals surface area contributed by atoms with E-state index in [1.165, 1.54) is 0 Å². The molecular formula is C12H16O3. The van der Waals surface area contributed by atoms with Crippen molar-refractivity contribution in [2.45, 2.75) is 32.8 Å². The van der Waals surface area contributed by atoms with E-state index >= 15 is 0 Å². The maximum Gasteiger partial charge on any atom is 0.303 e. The molecule has 0 saturated heterocycles. The van der Waals surface area contributed by atoms with Crippen LogP contribution < -0.4 is 0 Å². The molecule has 0 aromatic heterocycles. The smallest absolute Gasteiger partial charge is 0.303 e. The van der Waals surface area contributed by atoms with Gasteiger partial charge < -0.3 is 10.2 Å². The molecule has 0 bridgehead atoms. The minimum Gasteiger partial charge on any atom is -0.481 e. The molecule has 1 atom stereocenters. The summed E-state index contributed by atoms with van der Waals surface area (Å²) in [6.07, 6.45) is -0.419. The molecule has 0 amide bonds. The first kappa shape index (κ1) is 11.7. The van der Waals surface area contributed by atoms with E-state index in [4.69, 9.17) is 5.11 Å². The van der Waals surface area contributed by atoms with E-state index in [0.717, 1.165) is 16.7 Å². The van der Waals surface area contributed by atoms with Crippen molar-refractivity contribution in [2.75, 3.05) is 0 Å². The summed E-state index contributed by atoms with van der Waals surface area (Å²) in [4.78, 5) is 10.4. The van der Waals surface area contributed by atoms with Crippen LogP contribution in [0.1, 0.15) is 35.6 Å². The van der Waals surface area contributed by atoms with Gasteiger partial charge in [-0.1, -0.05) is 18.2 Å². The Morgan fingerprint density at radius 3 is 2.33 bits per heavy atom. The fraction of sp³-hybridized carbons (Fsp3) is 0.417. The van der Waals surface area contributed by atoms with Crippen LogP contribution in [-0.2, 0) is 4.79 Å². The van der Waals surface area contributed by atoms with Gasteiger partial charge in [0.25, 0.3) is 0 Å². The summed E-state index contributed by atoms with van der Waals surface area (Å²) in [6, 6.07) is 5.77. The van der Waals surface area contributed by atoms with E-state index in [1.54, 1.807) is 0 Å². The van der Waals surface area contributed by atoms with Crippen LogP contribution in [0.5, 0.6) is 0 Å². The lowest BCUT2D eigenvalue weighted by molar-refractivity contribution is -0.137. The molecule has 0 fully saturated rings. The van der Waals surface area contributed by atoms with Crippen molar-refractivity contribution in [2.24, 2.45) is 0 Å². The first-order chi connectivity index (χ1) is 7.02. The summed E-state index contributed by atoms with van der Waals surface area (Å²) < 4.78 is 0. The van der Waals surface area contributed by atoms with Crippen molar-refractivity contribution >= 4 is 5.97 Å². The molecule has 1 unspecified atom stereocenters. The minimum absolute atomic E-state index is 0.00502. The average molecular weight is 208 g/mol. The quantitative estimate of drug-likeness (QED) is 0.797. The molecule has 3 heteroatoms. The van der Waals surface area contributed by atoms with Crippen molar-refractivity contribution in [3.05, 3.63) is 34.9 Å². The number of aliphatic hydroxyl groups is 1. The van der Waals surface area contributed by atoms with Crippen LogP contribution in [-0.4, -0.2) is 16.2 Å². The third-order valence-corrected chi connectivity index (χ3v) is 2.51. The largest absolute Gasteiger partial charge is 0.481 e. The normalized spacial score (nSPS) is 12.5. The number of carbonyl (C=O) groups is 1. The van der Waals surface area contributed by atoms with E-state index in [0.29, 0.717) is 0 Å². The number of carboxylic acid groups (broad SMARTS) is 1. The monoisotopic (exact) mass is 208 g/mol. The molecule has 1 aromatic carbocycles. The van der Waals surface area contributed by atoms with E-state index in [9.17, 15) is 9.90 Å². The molecule has 1 aromatic rings. The maximum absolute atomic E-state index is 10.4. The minimum atomic E-state index is -0.875. The summed E-state index contributed by atoms with van der Waals surface area (Å²) in [5, 5.41) is 18.4. The Hall–Kier alpha value is -1.35. The standard InChI is InChI=1S/C12H16O3/c1-8-4-3-5-9(2)12(8)10(13)6-7-11(14)15/h3-5,10,13H,6-7H2,1-2H3,(H,14,15).